The SMILES string of the molecule is CC(=O)O.Clc1cc(N2C[C@@H]3CN[C@@H]3C2)cnc1Cl. The Morgan fingerprint density at radius 3 is 2.63 bits per heavy atom. The third-order valence-corrected chi connectivity index (χ3v) is 3.92. The van der Waals surface area contributed by atoms with Gasteiger partial charge in [-0.15, -0.1) is 0 Å². The molecule has 2 atom stereocenters. The van der Waals surface area contributed by atoms with E-state index in [2.05, 4.69) is 15.2 Å². The van der Waals surface area contributed by atoms with Crippen LogP contribution in [-0.2, 0) is 4.79 Å². The monoisotopic (exact) mass is 303 g/mol. The zero-order chi connectivity index (χ0) is 14.0. The molecule has 0 aromatic carbocycles. The number of aromatic nitrogens is 1. The van der Waals surface area contributed by atoms with Gasteiger partial charge in [0.25, 0.3) is 5.97 Å². The van der Waals surface area contributed by atoms with E-state index in [0.29, 0.717) is 16.2 Å². The largest absolute Gasteiger partial charge is 0.481 e. The minimum atomic E-state index is -0.833. The van der Waals surface area contributed by atoms with Crippen LogP contribution >= 0.6 is 23.2 Å². The molecule has 2 fully saturated rings. The van der Waals surface area contributed by atoms with Crippen molar-refractivity contribution in [3.05, 3.63) is 22.4 Å². The second-order valence-electron chi connectivity index (χ2n) is 4.66. The van der Waals surface area contributed by atoms with Crippen LogP contribution in [0.25, 0.3) is 0 Å². The van der Waals surface area contributed by atoms with Crippen LogP contribution in [-0.4, -0.2) is 41.7 Å². The molecule has 0 saturated carbocycles. The Balaban J connectivity index is 0.000000297. The van der Waals surface area contributed by atoms with Crippen molar-refractivity contribution in [2.75, 3.05) is 24.5 Å². The van der Waals surface area contributed by atoms with Gasteiger partial charge in [0.1, 0.15) is 5.15 Å². The predicted molar refractivity (Wildman–Crippen MR) is 75.1 cm³/mol. The van der Waals surface area contributed by atoms with Gasteiger partial charge < -0.3 is 15.3 Å². The maximum atomic E-state index is 9.00. The number of carbonyl (C=O) groups is 1. The number of carboxylic acid groups (broad SMARTS) is 1. The molecule has 2 aliphatic heterocycles. The predicted octanol–water partition coefficient (Wildman–Crippen LogP) is 1.89. The number of fused-ring (bicyclic) bond motifs is 1. The Bertz CT molecular complexity index is 468. The van der Waals surface area contributed by atoms with Gasteiger partial charge in [0, 0.05) is 38.5 Å². The highest BCUT2D eigenvalue weighted by molar-refractivity contribution is 6.41. The van der Waals surface area contributed by atoms with E-state index in [1.54, 1.807) is 6.20 Å². The maximum absolute atomic E-state index is 9.00. The van der Waals surface area contributed by atoms with Crippen molar-refractivity contribution < 1.29 is 9.90 Å². The van der Waals surface area contributed by atoms with Crippen molar-refractivity contribution in [2.24, 2.45) is 5.92 Å². The molecule has 5 nitrogen and oxygen atoms in total. The standard InChI is InChI=1S/C10H11Cl2N3.C2H4O2/c11-8-1-7(3-14-10(8)12)15-4-6-2-13-9(6)5-15;1-2(3)4/h1,3,6,9,13H,2,4-5H2;1H3,(H,3,4)/t6-,9+;/m0./s1. The first-order chi connectivity index (χ1) is 8.97. The minimum Gasteiger partial charge on any atom is -0.481 e. The van der Waals surface area contributed by atoms with Gasteiger partial charge in [-0.2, -0.15) is 0 Å². The first kappa shape index (κ1) is 14.4. The third-order valence-electron chi connectivity index (χ3n) is 3.23. The molecule has 2 aliphatic rings. The molecule has 1 aromatic rings. The molecule has 19 heavy (non-hydrogen) atoms. The van der Waals surface area contributed by atoms with Crippen molar-refractivity contribution in [1.29, 1.82) is 0 Å². The van der Waals surface area contributed by atoms with E-state index in [1.807, 2.05) is 6.07 Å². The van der Waals surface area contributed by atoms with Crippen LogP contribution in [0, 0.1) is 5.92 Å². The summed E-state index contributed by atoms with van der Waals surface area (Å²) < 4.78 is 0. The summed E-state index contributed by atoms with van der Waals surface area (Å²) in [5.41, 5.74) is 1.07. The summed E-state index contributed by atoms with van der Waals surface area (Å²) in [4.78, 5) is 15.4. The number of hydrogen-bond donors (Lipinski definition) is 2. The topological polar surface area (TPSA) is 65.5 Å². The Kier molecular flexibility index (Phi) is 4.50. The lowest BCUT2D eigenvalue weighted by atomic mass is 9.96. The zero-order valence-corrected chi connectivity index (χ0v) is 11.9. The average Bonchev–Trinajstić information content (AvgIpc) is 2.58. The van der Waals surface area contributed by atoms with Crippen LogP contribution in [0.5, 0.6) is 0 Å². The highest BCUT2D eigenvalue weighted by Crippen LogP contribution is 2.30. The molecule has 3 heterocycles. The summed E-state index contributed by atoms with van der Waals surface area (Å²) in [6, 6.07) is 2.54. The molecule has 0 bridgehead atoms. The van der Waals surface area contributed by atoms with E-state index in [-0.39, 0.29) is 0 Å². The van der Waals surface area contributed by atoms with Crippen molar-refractivity contribution >= 4 is 34.9 Å². The van der Waals surface area contributed by atoms with Crippen LogP contribution in [0.15, 0.2) is 12.3 Å². The molecule has 0 amide bonds. The lowest BCUT2D eigenvalue weighted by Crippen LogP contribution is -2.51. The van der Waals surface area contributed by atoms with E-state index >= 15 is 0 Å². The van der Waals surface area contributed by atoms with Crippen LogP contribution in [0.3, 0.4) is 0 Å². The molecule has 0 aliphatic carbocycles. The van der Waals surface area contributed by atoms with Crippen molar-refractivity contribution in [2.45, 2.75) is 13.0 Å². The smallest absolute Gasteiger partial charge is 0.300 e. The number of halogens is 2. The molecule has 0 radical (unpaired) electrons. The molecule has 1 aromatic heterocycles. The summed E-state index contributed by atoms with van der Waals surface area (Å²) in [5, 5.41) is 11.7. The van der Waals surface area contributed by atoms with Crippen molar-refractivity contribution in [3.8, 4) is 0 Å². The molecule has 0 unspecified atom stereocenters. The van der Waals surface area contributed by atoms with Crippen LogP contribution in [0.4, 0.5) is 5.69 Å². The molecule has 7 heteroatoms. The molecule has 2 saturated heterocycles. The Hall–Kier alpha value is -1.04. The number of nitrogens with one attached hydrogen (secondary N) is 1. The maximum Gasteiger partial charge on any atom is 0.300 e. The van der Waals surface area contributed by atoms with Gasteiger partial charge in [0.05, 0.1) is 16.9 Å². The Labute approximate surface area is 121 Å². The van der Waals surface area contributed by atoms with E-state index < -0.39 is 5.97 Å². The number of pyridine rings is 1. The number of nitrogens with zero attached hydrogens (tertiary/aromatic N) is 2. The quantitative estimate of drug-likeness (QED) is 0.776. The summed E-state index contributed by atoms with van der Waals surface area (Å²) in [7, 11) is 0. The van der Waals surface area contributed by atoms with Crippen molar-refractivity contribution in [1.82, 2.24) is 10.3 Å². The summed E-state index contributed by atoms with van der Waals surface area (Å²) in [5.74, 6) is -0.0422. The third kappa shape index (κ3) is 3.49. The van der Waals surface area contributed by atoms with Gasteiger partial charge in [-0.1, -0.05) is 23.2 Å². The molecule has 2 N–H and O–H groups in total. The second-order valence-corrected chi connectivity index (χ2v) is 5.43. The first-order valence-corrected chi connectivity index (χ1v) is 6.72. The van der Waals surface area contributed by atoms with E-state index in [0.717, 1.165) is 38.2 Å². The van der Waals surface area contributed by atoms with E-state index in [4.69, 9.17) is 33.1 Å². The summed E-state index contributed by atoms with van der Waals surface area (Å²) in [6.07, 6.45) is 1.79. The summed E-state index contributed by atoms with van der Waals surface area (Å²) >= 11 is 11.7. The van der Waals surface area contributed by atoms with Gasteiger partial charge >= 0.3 is 0 Å². The highest BCUT2D eigenvalue weighted by Gasteiger charge is 2.39. The fourth-order valence-electron chi connectivity index (χ4n) is 2.25. The summed E-state index contributed by atoms with van der Waals surface area (Å²) in [6.45, 7) is 4.36. The number of aliphatic carboxylic acids is 1. The number of anilines is 1. The molecular formula is C12H15Cl2N3O2. The first-order valence-electron chi connectivity index (χ1n) is 5.96. The fraction of sp³-hybridized carbons (Fsp3) is 0.500. The number of carboxylic acids is 1. The molecule has 3 rings (SSSR count). The fourth-order valence-corrected chi connectivity index (χ4v) is 2.51. The highest BCUT2D eigenvalue weighted by atomic mass is 35.5. The molecular weight excluding hydrogens is 289 g/mol. The second kappa shape index (κ2) is 5.94. The number of hydrogen-bond acceptors (Lipinski definition) is 4. The van der Waals surface area contributed by atoms with Gasteiger partial charge in [-0.25, -0.2) is 4.98 Å². The van der Waals surface area contributed by atoms with Gasteiger partial charge in [-0.3, -0.25) is 4.79 Å². The average molecular weight is 304 g/mol. The Morgan fingerprint density at radius 2 is 2.21 bits per heavy atom. The zero-order valence-electron chi connectivity index (χ0n) is 10.4. The van der Waals surface area contributed by atoms with E-state index in [1.165, 1.54) is 0 Å². The van der Waals surface area contributed by atoms with Crippen LogP contribution < -0.4 is 10.2 Å². The van der Waals surface area contributed by atoms with Crippen molar-refractivity contribution in [3.63, 3.8) is 0 Å². The van der Waals surface area contributed by atoms with Gasteiger partial charge in [-0.05, 0) is 6.07 Å². The van der Waals surface area contributed by atoms with Crippen LogP contribution in [0.2, 0.25) is 10.2 Å². The van der Waals surface area contributed by atoms with Gasteiger partial charge in [0.15, 0.2) is 0 Å². The van der Waals surface area contributed by atoms with E-state index in [9.17, 15) is 0 Å². The Morgan fingerprint density at radius 1 is 1.53 bits per heavy atom. The number of rotatable bonds is 1. The normalized spacial score (nSPS) is 24.1. The molecule has 0 spiro atoms. The van der Waals surface area contributed by atoms with Gasteiger partial charge in [0.2, 0.25) is 0 Å². The lowest BCUT2D eigenvalue weighted by Gasteiger charge is -2.29. The minimum absolute atomic E-state index is 0.376. The lowest BCUT2D eigenvalue weighted by molar-refractivity contribution is -0.134. The molecule has 104 valence electrons. The van der Waals surface area contributed by atoms with Crippen LogP contribution in [0.1, 0.15) is 6.92 Å².